The summed E-state index contributed by atoms with van der Waals surface area (Å²) in [5, 5.41) is 2.40. The number of rotatable bonds is 0. The summed E-state index contributed by atoms with van der Waals surface area (Å²) in [4.78, 5) is 0. The van der Waals surface area contributed by atoms with E-state index in [1.54, 1.807) is 0 Å². The first-order valence-corrected chi connectivity index (χ1v) is 14.1. The van der Waals surface area contributed by atoms with Gasteiger partial charge in [-0.15, -0.1) is 0 Å². The summed E-state index contributed by atoms with van der Waals surface area (Å²) >= 11 is 1.35. The van der Waals surface area contributed by atoms with Crippen molar-refractivity contribution >= 4 is 26.3 Å². The summed E-state index contributed by atoms with van der Waals surface area (Å²) < 4.78 is 0. The van der Waals surface area contributed by atoms with Gasteiger partial charge in [-0.2, -0.15) is 0 Å². The Kier molecular flexibility index (Phi) is 5.84. The first-order valence-electron chi connectivity index (χ1n) is 7.31. The second kappa shape index (κ2) is 8.29. The molecule has 0 saturated carbocycles. The molecule has 0 bridgehead atoms. The molecule has 0 radical (unpaired) electrons. The third-order valence-corrected chi connectivity index (χ3v) is 9.90. The van der Waals surface area contributed by atoms with Gasteiger partial charge in [-0.25, -0.2) is 0 Å². The van der Waals surface area contributed by atoms with E-state index in [1.165, 1.54) is 32.9 Å². The molecule has 1 heterocycles. The zero-order valence-corrected chi connectivity index (χ0v) is 15.7. The van der Waals surface area contributed by atoms with Gasteiger partial charge in [0.05, 0.1) is 0 Å². The summed E-state index contributed by atoms with van der Waals surface area (Å²) in [5.41, 5.74) is 5.28. The zero-order chi connectivity index (χ0) is 15.0. The van der Waals surface area contributed by atoms with Gasteiger partial charge in [-0.3, -0.25) is 0 Å². The Balaban J connectivity index is 1.84. The van der Waals surface area contributed by atoms with Crippen LogP contribution in [0.1, 0.15) is 35.1 Å². The van der Waals surface area contributed by atoms with Gasteiger partial charge in [0.2, 0.25) is 0 Å². The molecule has 0 aliphatic carbocycles. The Morgan fingerprint density at radius 2 is 1.09 bits per heavy atom. The van der Waals surface area contributed by atoms with Crippen molar-refractivity contribution in [3.63, 3.8) is 0 Å². The van der Waals surface area contributed by atoms with Crippen LogP contribution in [0.5, 0.6) is 0 Å². The minimum atomic E-state index is 0.676. The van der Waals surface area contributed by atoms with Gasteiger partial charge in [-0.05, 0) is 0 Å². The van der Waals surface area contributed by atoms with Crippen LogP contribution in [0.15, 0.2) is 48.5 Å². The SMILES string of the molecule is C1#Cc2ccccc2C[Se][Se]Cc2ccccc2C#CCC1. The predicted octanol–water partition coefficient (Wildman–Crippen LogP) is 3.21. The topological polar surface area (TPSA) is 0 Å². The average molecular weight is 414 g/mol. The van der Waals surface area contributed by atoms with Crippen molar-refractivity contribution < 1.29 is 0 Å². The molecule has 0 atom stereocenters. The van der Waals surface area contributed by atoms with Crippen LogP contribution in [0.25, 0.3) is 0 Å². The van der Waals surface area contributed by atoms with Crippen LogP contribution in [0, 0.1) is 23.7 Å². The van der Waals surface area contributed by atoms with Crippen molar-refractivity contribution in [2.75, 3.05) is 0 Å². The minimum absolute atomic E-state index is 0.676. The molecule has 2 aromatic rings. The van der Waals surface area contributed by atoms with Crippen LogP contribution < -0.4 is 0 Å². The zero-order valence-electron chi connectivity index (χ0n) is 12.3. The number of fused-ring (bicyclic) bond motifs is 2. The quantitative estimate of drug-likeness (QED) is 0.459. The van der Waals surface area contributed by atoms with E-state index in [4.69, 9.17) is 0 Å². The van der Waals surface area contributed by atoms with Crippen molar-refractivity contribution in [2.24, 2.45) is 0 Å². The van der Waals surface area contributed by atoms with E-state index in [9.17, 15) is 0 Å². The molecule has 108 valence electrons. The van der Waals surface area contributed by atoms with Crippen molar-refractivity contribution in [3.05, 3.63) is 70.8 Å². The maximum absolute atomic E-state index is 3.34. The summed E-state index contributed by atoms with van der Waals surface area (Å²) in [5.74, 6) is 13.2. The maximum atomic E-state index is 3.34. The molecule has 0 saturated heterocycles. The Morgan fingerprint density at radius 3 is 1.59 bits per heavy atom. The fourth-order valence-corrected chi connectivity index (χ4v) is 8.71. The normalized spacial score (nSPS) is 14.2. The van der Waals surface area contributed by atoms with Gasteiger partial charge in [0.15, 0.2) is 0 Å². The molecule has 0 aromatic heterocycles. The third-order valence-electron chi connectivity index (χ3n) is 3.37. The molecular weight excluding hydrogens is 398 g/mol. The van der Waals surface area contributed by atoms with Gasteiger partial charge in [0.1, 0.15) is 0 Å². The van der Waals surface area contributed by atoms with Crippen LogP contribution in [-0.2, 0) is 10.6 Å². The number of benzene rings is 2. The van der Waals surface area contributed by atoms with Crippen LogP contribution in [0.4, 0.5) is 0 Å². The van der Waals surface area contributed by atoms with Gasteiger partial charge in [0.25, 0.3) is 0 Å². The van der Waals surface area contributed by atoms with Crippen LogP contribution in [-0.4, -0.2) is 26.3 Å². The van der Waals surface area contributed by atoms with Crippen LogP contribution in [0.2, 0.25) is 0 Å². The van der Waals surface area contributed by atoms with E-state index in [-0.39, 0.29) is 0 Å². The molecule has 0 unspecified atom stereocenters. The Labute approximate surface area is 144 Å². The van der Waals surface area contributed by atoms with Crippen molar-refractivity contribution in [1.82, 2.24) is 0 Å². The summed E-state index contributed by atoms with van der Waals surface area (Å²) in [7, 11) is 0. The predicted molar refractivity (Wildman–Crippen MR) is 94.8 cm³/mol. The van der Waals surface area contributed by atoms with Crippen LogP contribution in [0.3, 0.4) is 0 Å². The van der Waals surface area contributed by atoms with Gasteiger partial charge in [0, 0.05) is 0 Å². The van der Waals surface area contributed by atoms with E-state index < -0.39 is 0 Å². The monoisotopic (exact) mass is 416 g/mol. The van der Waals surface area contributed by atoms with Gasteiger partial charge in [-0.1, -0.05) is 0 Å². The van der Waals surface area contributed by atoms with Gasteiger partial charge >= 0.3 is 144 Å². The number of hydrogen-bond acceptors (Lipinski definition) is 0. The molecule has 0 nitrogen and oxygen atoms in total. The molecule has 0 amide bonds. The molecule has 22 heavy (non-hydrogen) atoms. The van der Waals surface area contributed by atoms with E-state index >= 15 is 0 Å². The molecule has 2 heteroatoms. The molecule has 0 spiro atoms. The molecule has 2 aromatic carbocycles. The Bertz CT molecular complexity index is 702. The molecule has 0 N–H and O–H groups in total. The third kappa shape index (κ3) is 4.30. The second-order valence-electron chi connectivity index (χ2n) is 4.94. The van der Waals surface area contributed by atoms with Crippen molar-refractivity contribution in [1.29, 1.82) is 0 Å². The number of hydrogen-bond donors (Lipinski definition) is 0. The van der Waals surface area contributed by atoms with E-state index in [0.717, 1.165) is 12.8 Å². The average Bonchev–Trinajstić information content (AvgIpc) is 2.56. The van der Waals surface area contributed by atoms with Gasteiger partial charge < -0.3 is 0 Å². The first-order chi connectivity index (χ1) is 10.9. The molecule has 3 rings (SSSR count). The summed E-state index contributed by atoms with van der Waals surface area (Å²) in [6.45, 7) is 0. The van der Waals surface area contributed by atoms with E-state index in [0.29, 0.717) is 26.3 Å². The molecule has 1 aliphatic heterocycles. The van der Waals surface area contributed by atoms with Crippen molar-refractivity contribution in [2.45, 2.75) is 23.5 Å². The Hall–Kier alpha value is -1.40. The second-order valence-corrected chi connectivity index (χ2v) is 12.3. The fraction of sp³-hybridized carbons (Fsp3) is 0.200. The van der Waals surface area contributed by atoms with E-state index in [1.807, 2.05) is 0 Å². The molecular formula is C20H16Se2. The van der Waals surface area contributed by atoms with Crippen molar-refractivity contribution in [3.8, 4) is 23.7 Å². The first kappa shape index (κ1) is 15.5. The van der Waals surface area contributed by atoms with Crippen LogP contribution >= 0.6 is 0 Å². The Morgan fingerprint density at radius 1 is 0.636 bits per heavy atom. The summed E-state index contributed by atoms with van der Waals surface area (Å²) in [6, 6.07) is 17.2. The molecule has 1 aliphatic rings. The van der Waals surface area contributed by atoms with E-state index in [2.05, 4.69) is 72.2 Å². The fourth-order valence-electron chi connectivity index (χ4n) is 2.19. The molecule has 0 fully saturated rings. The standard InChI is InChI=1S/C20H16Se2/c1-2-4-10-18-12-6-8-14-20(18)16-22-21-15-19-13-7-5-11-17(19)9-3-1/h5-8,11-14H,1-2,15-16H2. The summed E-state index contributed by atoms with van der Waals surface area (Å²) in [6.07, 6.45) is 1.69.